The number of pyridine rings is 1. The van der Waals surface area contributed by atoms with Gasteiger partial charge in [-0.1, -0.05) is 93.6 Å². The Morgan fingerprint density at radius 3 is 2.10 bits per heavy atom. The minimum absolute atomic E-state index is 0.0468. The van der Waals surface area contributed by atoms with Gasteiger partial charge < -0.3 is 19.5 Å². The van der Waals surface area contributed by atoms with Crippen LogP contribution in [0.1, 0.15) is 54.8 Å². The van der Waals surface area contributed by atoms with Crippen molar-refractivity contribution in [3.05, 3.63) is 150 Å². The van der Waals surface area contributed by atoms with E-state index in [9.17, 15) is 9.59 Å². The van der Waals surface area contributed by atoms with Crippen molar-refractivity contribution in [1.82, 2.24) is 10.3 Å². The maximum atomic E-state index is 13.6. The standard InChI is InChI=1S/C42H38N2O5/c1-42(2,3)32-19-22-34(23-20-32)48-35-21-18-30-27-43-38(25-31(30)24-35)41(46)44-37(26-40(45)47-4)29-16-14-28(15-17-29)36-12-8-9-13-39(36)49-33-10-6-5-7-11-33/h5-25,27,37H,26H2,1-4H3,(H,44,46). The molecule has 5 aromatic carbocycles. The first kappa shape index (κ1) is 33.0. The van der Waals surface area contributed by atoms with E-state index in [-0.39, 0.29) is 17.5 Å². The van der Waals surface area contributed by atoms with Gasteiger partial charge in [0.15, 0.2) is 0 Å². The van der Waals surface area contributed by atoms with Gasteiger partial charge in [-0.2, -0.15) is 0 Å². The minimum Gasteiger partial charge on any atom is -0.469 e. The number of carbonyl (C=O) groups is 2. The maximum absolute atomic E-state index is 13.6. The number of aromatic nitrogens is 1. The van der Waals surface area contributed by atoms with E-state index in [0.29, 0.717) is 5.75 Å². The van der Waals surface area contributed by atoms with E-state index in [2.05, 4.69) is 43.2 Å². The van der Waals surface area contributed by atoms with Crippen LogP contribution in [0.2, 0.25) is 0 Å². The Bertz CT molecular complexity index is 2070. The number of nitrogens with zero attached hydrogens (tertiary/aromatic N) is 1. The topological polar surface area (TPSA) is 86.8 Å². The summed E-state index contributed by atoms with van der Waals surface area (Å²) in [6, 6.07) is 39.9. The summed E-state index contributed by atoms with van der Waals surface area (Å²) in [7, 11) is 1.33. The SMILES string of the molecule is COC(=O)CC(NC(=O)c1cc2cc(Oc3ccc(C(C)(C)C)cc3)ccc2cn1)c1ccc(-c2ccccc2Oc2ccccc2)cc1. The van der Waals surface area contributed by atoms with Gasteiger partial charge >= 0.3 is 5.97 Å². The molecule has 0 saturated heterocycles. The average Bonchev–Trinajstić information content (AvgIpc) is 3.11. The number of nitrogens with one attached hydrogen (secondary N) is 1. The number of rotatable bonds is 10. The van der Waals surface area contributed by atoms with Crippen LogP contribution in [0.25, 0.3) is 21.9 Å². The fourth-order valence-corrected chi connectivity index (χ4v) is 5.50. The number of carbonyl (C=O) groups excluding carboxylic acids is 2. The first-order valence-electron chi connectivity index (χ1n) is 16.1. The molecule has 0 bridgehead atoms. The van der Waals surface area contributed by atoms with Crippen LogP contribution >= 0.6 is 0 Å². The van der Waals surface area contributed by atoms with Gasteiger partial charge in [-0.15, -0.1) is 0 Å². The summed E-state index contributed by atoms with van der Waals surface area (Å²) in [6.45, 7) is 6.52. The highest BCUT2D eigenvalue weighted by Gasteiger charge is 2.21. The van der Waals surface area contributed by atoms with Crippen molar-refractivity contribution in [3.8, 4) is 34.1 Å². The number of benzene rings is 5. The Labute approximate surface area is 286 Å². The van der Waals surface area contributed by atoms with E-state index < -0.39 is 17.9 Å². The molecule has 0 radical (unpaired) electrons. The first-order chi connectivity index (χ1) is 23.7. The number of methoxy groups -OCH3 is 1. The molecule has 246 valence electrons. The Hall–Kier alpha value is -5.95. The van der Waals surface area contributed by atoms with E-state index in [1.54, 1.807) is 12.3 Å². The van der Waals surface area contributed by atoms with E-state index >= 15 is 0 Å². The molecular weight excluding hydrogens is 612 g/mol. The van der Waals surface area contributed by atoms with Crippen LogP contribution in [0.5, 0.6) is 23.0 Å². The molecule has 0 aliphatic heterocycles. The fourth-order valence-electron chi connectivity index (χ4n) is 5.50. The van der Waals surface area contributed by atoms with Crippen molar-refractivity contribution >= 4 is 22.6 Å². The molecule has 7 heteroatoms. The summed E-state index contributed by atoms with van der Waals surface area (Å²) in [4.78, 5) is 30.4. The van der Waals surface area contributed by atoms with E-state index in [4.69, 9.17) is 14.2 Å². The Balaban J connectivity index is 1.20. The minimum atomic E-state index is -0.645. The molecule has 0 fully saturated rings. The normalized spacial score (nSPS) is 11.8. The van der Waals surface area contributed by atoms with Gasteiger partial charge in [0.2, 0.25) is 0 Å². The zero-order valence-corrected chi connectivity index (χ0v) is 28.0. The van der Waals surface area contributed by atoms with Gasteiger partial charge in [0.1, 0.15) is 28.7 Å². The molecule has 7 nitrogen and oxygen atoms in total. The van der Waals surface area contributed by atoms with Crippen molar-refractivity contribution in [2.24, 2.45) is 0 Å². The number of fused-ring (bicyclic) bond motifs is 1. The smallest absolute Gasteiger partial charge is 0.307 e. The molecule has 1 amide bonds. The van der Waals surface area contributed by atoms with Crippen LogP contribution in [0, 0.1) is 0 Å². The Kier molecular flexibility index (Phi) is 9.72. The molecule has 1 N–H and O–H groups in total. The lowest BCUT2D eigenvalue weighted by molar-refractivity contribution is -0.141. The van der Waals surface area contributed by atoms with Gasteiger partial charge in [0, 0.05) is 17.1 Å². The van der Waals surface area contributed by atoms with Gasteiger partial charge in [0.25, 0.3) is 5.91 Å². The predicted molar refractivity (Wildman–Crippen MR) is 192 cm³/mol. The van der Waals surface area contributed by atoms with Crippen LogP contribution in [-0.2, 0) is 14.9 Å². The molecule has 1 aromatic heterocycles. The molecule has 1 atom stereocenters. The van der Waals surface area contributed by atoms with E-state index in [1.165, 1.54) is 12.7 Å². The lowest BCUT2D eigenvalue weighted by Crippen LogP contribution is -2.31. The zero-order valence-electron chi connectivity index (χ0n) is 28.0. The highest BCUT2D eigenvalue weighted by Crippen LogP contribution is 2.34. The number of para-hydroxylation sites is 2. The zero-order chi connectivity index (χ0) is 34.4. The average molecular weight is 651 g/mol. The van der Waals surface area contributed by atoms with Crippen molar-refractivity contribution in [1.29, 1.82) is 0 Å². The lowest BCUT2D eigenvalue weighted by Gasteiger charge is -2.19. The fraction of sp³-hybridized carbons (Fsp3) is 0.167. The molecule has 1 heterocycles. The molecule has 1 unspecified atom stereocenters. The number of hydrogen-bond donors (Lipinski definition) is 1. The molecule has 0 aliphatic rings. The predicted octanol–water partition coefficient (Wildman–Crippen LogP) is 9.82. The summed E-state index contributed by atoms with van der Waals surface area (Å²) in [6.07, 6.45) is 1.61. The second kappa shape index (κ2) is 14.4. The molecule has 0 saturated carbocycles. The Morgan fingerprint density at radius 2 is 1.39 bits per heavy atom. The summed E-state index contributed by atoms with van der Waals surface area (Å²) in [5.41, 5.74) is 4.08. The lowest BCUT2D eigenvalue weighted by atomic mass is 9.87. The number of amides is 1. The molecule has 6 rings (SSSR count). The second-order valence-corrected chi connectivity index (χ2v) is 12.8. The van der Waals surface area contributed by atoms with Crippen LogP contribution < -0.4 is 14.8 Å². The third kappa shape index (κ3) is 8.14. The molecule has 49 heavy (non-hydrogen) atoms. The maximum Gasteiger partial charge on any atom is 0.307 e. The molecule has 0 aliphatic carbocycles. The summed E-state index contributed by atoms with van der Waals surface area (Å²) in [5, 5.41) is 4.66. The highest BCUT2D eigenvalue weighted by atomic mass is 16.5. The van der Waals surface area contributed by atoms with E-state index in [0.717, 1.165) is 44.7 Å². The van der Waals surface area contributed by atoms with Crippen molar-refractivity contribution < 1.29 is 23.8 Å². The summed E-state index contributed by atoms with van der Waals surface area (Å²) in [5.74, 6) is 1.97. The van der Waals surface area contributed by atoms with Crippen LogP contribution in [0.15, 0.2) is 134 Å². The summed E-state index contributed by atoms with van der Waals surface area (Å²) < 4.78 is 17.3. The van der Waals surface area contributed by atoms with Gasteiger partial charge in [-0.25, -0.2) is 0 Å². The van der Waals surface area contributed by atoms with Gasteiger partial charge in [-0.05, 0) is 82.1 Å². The third-order valence-electron chi connectivity index (χ3n) is 8.27. The van der Waals surface area contributed by atoms with Crippen LogP contribution in [-0.4, -0.2) is 24.0 Å². The Morgan fingerprint density at radius 1 is 0.714 bits per heavy atom. The third-order valence-corrected chi connectivity index (χ3v) is 8.27. The number of hydrogen-bond acceptors (Lipinski definition) is 6. The van der Waals surface area contributed by atoms with Crippen molar-refractivity contribution in [2.75, 3.05) is 7.11 Å². The monoisotopic (exact) mass is 650 g/mol. The molecule has 6 aromatic rings. The van der Waals surface area contributed by atoms with Crippen LogP contribution in [0.4, 0.5) is 0 Å². The largest absolute Gasteiger partial charge is 0.469 e. The summed E-state index contributed by atoms with van der Waals surface area (Å²) >= 11 is 0. The second-order valence-electron chi connectivity index (χ2n) is 12.8. The first-order valence-corrected chi connectivity index (χ1v) is 16.1. The quantitative estimate of drug-likeness (QED) is 0.149. The highest BCUT2D eigenvalue weighted by molar-refractivity contribution is 5.97. The van der Waals surface area contributed by atoms with Gasteiger partial charge in [-0.3, -0.25) is 14.6 Å². The molecular formula is C42H38N2O5. The molecule has 0 spiro atoms. The number of esters is 1. The van der Waals surface area contributed by atoms with E-state index in [1.807, 2.05) is 109 Å². The van der Waals surface area contributed by atoms with Crippen LogP contribution in [0.3, 0.4) is 0 Å². The van der Waals surface area contributed by atoms with Gasteiger partial charge in [0.05, 0.1) is 19.6 Å². The van der Waals surface area contributed by atoms with Crippen molar-refractivity contribution in [2.45, 2.75) is 38.6 Å². The number of ether oxygens (including phenoxy) is 3. The van der Waals surface area contributed by atoms with Crippen molar-refractivity contribution in [3.63, 3.8) is 0 Å².